The van der Waals surface area contributed by atoms with E-state index in [2.05, 4.69) is 28.3 Å². The van der Waals surface area contributed by atoms with Crippen molar-refractivity contribution in [3.05, 3.63) is 48.2 Å². The van der Waals surface area contributed by atoms with Crippen LogP contribution in [0.4, 0.5) is 5.69 Å². The highest BCUT2D eigenvalue weighted by Crippen LogP contribution is 2.23. The minimum Gasteiger partial charge on any atom is -0.472 e. The van der Waals surface area contributed by atoms with Crippen LogP contribution in [0, 0.1) is 0 Å². The summed E-state index contributed by atoms with van der Waals surface area (Å²) in [5.74, 6) is 0. The van der Waals surface area contributed by atoms with E-state index in [-0.39, 0.29) is 0 Å². The Morgan fingerprint density at radius 3 is 3.05 bits per heavy atom. The monoisotopic (exact) mass is 257 g/mol. The SMILES string of the molecule is CN(Cc1ccoc1)c1cnccc1CNC1CC1. The van der Waals surface area contributed by atoms with E-state index in [1.807, 2.05) is 18.5 Å². The van der Waals surface area contributed by atoms with Gasteiger partial charge in [0.2, 0.25) is 0 Å². The highest BCUT2D eigenvalue weighted by molar-refractivity contribution is 5.51. The molecule has 0 amide bonds. The second kappa shape index (κ2) is 5.45. The van der Waals surface area contributed by atoms with Crippen LogP contribution in [0.5, 0.6) is 0 Å². The third-order valence-corrected chi connectivity index (χ3v) is 3.46. The Labute approximate surface area is 113 Å². The molecule has 0 unspecified atom stereocenters. The first-order valence-electron chi connectivity index (χ1n) is 6.71. The zero-order valence-corrected chi connectivity index (χ0v) is 11.2. The van der Waals surface area contributed by atoms with Gasteiger partial charge in [-0.05, 0) is 30.5 Å². The fraction of sp³-hybridized carbons (Fsp3) is 0.400. The average Bonchev–Trinajstić information content (AvgIpc) is 3.13. The van der Waals surface area contributed by atoms with Gasteiger partial charge < -0.3 is 14.6 Å². The summed E-state index contributed by atoms with van der Waals surface area (Å²) in [6.45, 7) is 1.75. The summed E-state index contributed by atoms with van der Waals surface area (Å²) in [5, 5.41) is 3.55. The van der Waals surface area contributed by atoms with Gasteiger partial charge in [0.1, 0.15) is 0 Å². The fourth-order valence-electron chi connectivity index (χ4n) is 2.19. The first-order valence-corrected chi connectivity index (χ1v) is 6.71. The van der Waals surface area contributed by atoms with Crippen molar-refractivity contribution in [1.82, 2.24) is 10.3 Å². The Balaban J connectivity index is 1.70. The van der Waals surface area contributed by atoms with Crippen molar-refractivity contribution >= 4 is 5.69 Å². The first kappa shape index (κ1) is 12.2. The Bertz CT molecular complexity index is 520. The summed E-state index contributed by atoms with van der Waals surface area (Å²) in [7, 11) is 2.09. The predicted octanol–water partition coefficient (Wildman–Crippen LogP) is 2.56. The number of nitrogens with one attached hydrogen (secondary N) is 1. The molecule has 0 aromatic carbocycles. The zero-order chi connectivity index (χ0) is 13.1. The van der Waals surface area contributed by atoms with Crippen molar-refractivity contribution in [3.63, 3.8) is 0 Å². The molecule has 1 N–H and O–H groups in total. The van der Waals surface area contributed by atoms with E-state index >= 15 is 0 Å². The number of aromatic nitrogens is 1. The number of hydrogen-bond acceptors (Lipinski definition) is 4. The molecule has 0 spiro atoms. The highest BCUT2D eigenvalue weighted by atomic mass is 16.3. The van der Waals surface area contributed by atoms with Crippen molar-refractivity contribution < 1.29 is 4.42 Å². The van der Waals surface area contributed by atoms with Gasteiger partial charge in [0.25, 0.3) is 0 Å². The van der Waals surface area contributed by atoms with Crippen molar-refractivity contribution in [1.29, 1.82) is 0 Å². The molecule has 2 aromatic heterocycles. The molecule has 1 fully saturated rings. The van der Waals surface area contributed by atoms with Crippen LogP contribution in [0.2, 0.25) is 0 Å². The summed E-state index contributed by atoms with van der Waals surface area (Å²) in [6, 6.07) is 4.81. The minimum atomic E-state index is 0.722. The van der Waals surface area contributed by atoms with Crippen molar-refractivity contribution in [3.8, 4) is 0 Å². The van der Waals surface area contributed by atoms with Gasteiger partial charge in [-0.2, -0.15) is 0 Å². The van der Waals surface area contributed by atoms with E-state index in [4.69, 9.17) is 4.42 Å². The van der Waals surface area contributed by atoms with Crippen LogP contribution in [-0.4, -0.2) is 18.1 Å². The molecular formula is C15H19N3O. The molecule has 1 aliphatic carbocycles. The molecule has 0 atom stereocenters. The Hall–Kier alpha value is -1.81. The minimum absolute atomic E-state index is 0.722. The van der Waals surface area contributed by atoms with Gasteiger partial charge in [-0.15, -0.1) is 0 Å². The molecular weight excluding hydrogens is 238 g/mol. The van der Waals surface area contributed by atoms with E-state index in [1.165, 1.54) is 29.7 Å². The molecule has 1 saturated carbocycles. The summed E-state index contributed by atoms with van der Waals surface area (Å²) in [4.78, 5) is 6.46. The molecule has 19 heavy (non-hydrogen) atoms. The Morgan fingerprint density at radius 2 is 2.32 bits per heavy atom. The van der Waals surface area contributed by atoms with Gasteiger partial charge >= 0.3 is 0 Å². The molecule has 0 saturated heterocycles. The number of rotatable bonds is 6. The molecule has 100 valence electrons. The van der Waals surface area contributed by atoms with Gasteiger partial charge in [-0.1, -0.05) is 0 Å². The number of anilines is 1. The summed E-state index contributed by atoms with van der Waals surface area (Å²) >= 11 is 0. The highest BCUT2D eigenvalue weighted by Gasteiger charge is 2.20. The molecule has 2 heterocycles. The Kier molecular flexibility index (Phi) is 3.51. The average molecular weight is 257 g/mol. The third-order valence-electron chi connectivity index (χ3n) is 3.46. The maximum absolute atomic E-state index is 5.11. The zero-order valence-electron chi connectivity index (χ0n) is 11.2. The van der Waals surface area contributed by atoms with Crippen LogP contribution in [0.1, 0.15) is 24.0 Å². The van der Waals surface area contributed by atoms with Gasteiger partial charge in [-0.25, -0.2) is 0 Å². The lowest BCUT2D eigenvalue weighted by atomic mass is 10.2. The standard InChI is InChI=1S/C15H19N3O/c1-18(10-12-5-7-19-11-12)15-9-16-6-4-13(15)8-17-14-2-3-14/h4-7,9,11,14,17H,2-3,8,10H2,1H3. The summed E-state index contributed by atoms with van der Waals surface area (Å²) in [6.07, 6.45) is 9.91. The van der Waals surface area contributed by atoms with Gasteiger partial charge in [0.05, 0.1) is 24.4 Å². The van der Waals surface area contributed by atoms with Crippen LogP contribution in [0.15, 0.2) is 41.5 Å². The van der Waals surface area contributed by atoms with Crippen LogP contribution < -0.4 is 10.2 Å². The maximum atomic E-state index is 5.11. The summed E-state index contributed by atoms with van der Waals surface area (Å²) in [5.41, 5.74) is 3.65. The van der Waals surface area contributed by atoms with E-state index in [1.54, 1.807) is 12.5 Å². The summed E-state index contributed by atoms with van der Waals surface area (Å²) < 4.78 is 5.11. The molecule has 4 nitrogen and oxygen atoms in total. The number of pyridine rings is 1. The van der Waals surface area contributed by atoms with Gasteiger partial charge in [-0.3, -0.25) is 4.98 Å². The molecule has 1 aliphatic rings. The molecule has 2 aromatic rings. The topological polar surface area (TPSA) is 41.3 Å². The lowest BCUT2D eigenvalue weighted by Crippen LogP contribution is -2.21. The third kappa shape index (κ3) is 3.15. The van der Waals surface area contributed by atoms with Crippen LogP contribution in [-0.2, 0) is 13.1 Å². The lowest BCUT2D eigenvalue weighted by Gasteiger charge is -2.21. The smallest absolute Gasteiger partial charge is 0.0952 e. The molecule has 0 radical (unpaired) electrons. The number of hydrogen-bond donors (Lipinski definition) is 1. The van der Waals surface area contributed by atoms with E-state index < -0.39 is 0 Å². The number of furan rings is 1. The molecule has 0 aliphatic heterocycles. The quantitative estimate of drug-likeness (QED) is 0.863. The second-order valence-corrected chi connectivity index (χ2v) is 5.15. The largest absolute Gasteiger partial charge is 0.472 e. The number of nitrogens with zero attached hydrogens (tertiary/aromatic N) is 2. The second-order valence-electron chi connectivity index (χ2n) is 5.15. The Morgan fingerprint density at radius 1 is 1.42 bits per heavy atom. The van der Waals surface area contributed by atoms with Gasteiger partial charge in [0, 0.05) is 37.9 Å². The first-order chi connectivity index (χ1) is 9.33. The van der Waals surface area contributed by atoms with Gasteiger partial charge in [0.15, 0.2) is 0 Å². The van der Waals surface area contributed by atoms with Crippen LogP contribution >= 0.6 is 0 Å². The van der Waals surface area contributed by atoms with Crippen LogP contribution in [0.3, 0.4) is 0 Å². The molecule has 0 bridgehead atoms. The molecule has 4 heteroatoms. The maximum Gasteiger partial charge on any atom is 0.0952 e. The molecule has 3 rings (SSSR count). The van der Waals surface area contributed by atoms with Crippen molar-refractivity contribution in [2.45, 2.75) is 32.0 Å². The van der Waals surface area contributed by atoms with E-state index in [0.29, 0.717) is 0 Å². The van der Waals surface area contributed by atoms with Crippen LogP contribution in [0.25, 0.3) is 0 Å². The van der Waals surface area contributed by atoms with E-state index in [0.717, 1.165) is 19.1 Å². The lowest BCUT2D eigenvalue weighted by molar-refractivity contribution is 0.563. The van der Waals surface area contributed by atoms with Crippen molar-refractivity contribution in [2.75, 3.05) is 11.9 Å². The predicted molar refractivity (Wildman–Crippen MR) is 74.9 cm³/mol. The van der Waals surface area contributed by atoms with E-state index in [9.17, 15) is 0 Å². The normalized spacial score (nSPS) is 14.6. The van der Waals surface area contributed by atoms with Crippen molar-refractivity contribution in [2.24, 2.45) is 0 Å². The fourth-order valence-corrected chi connectivity index (χ4v) is 2.19.